The molecule has 1 fully saturated rings. The molecule has 2 N–H and O–H groups in total. The molecule has 0 aliphatic carbocycles. The molecule has 1 heterocycles. The van der Waals surface area contributed by atoms with Crippen LogP contribution in [-0.4, -0.2) is 46.6 Å². The summed E-state index contributed by atoms with van der Waals surface area (Å²) in [6.45, 7) is 2.22. The van der Waals surface area contributed by atoms with Crippen LogP contribution in [0.2, 0.25) is 0 Å². The number of rotatable bonds is 8. The first-order chi connectivity index (χ1) is 15.0. The van der Waals surface area contributed by atoms with Gasteiger partial charge in [-0.15, -0.1) is 0 Å². The van der Waals surface area contributed by atoms with Gasteiger partial charge in [0, 0.05) is 6.54 Å². The Morgan fingerprint density at radius 1 is 1.06 bits per heavy atom. The van der Waals surface area contributed by atoms with E-state index in [0.29, 0.717) is 25.8 Å². The lowest BCUT2D eigenvalue weighted by Gasteiger charge is -2.26. The maximum atomic E-state index is 13.1. The minimum absolute atomic E-state index is 0.0509. The number of amides is 2. The summed E-state index contributed by atoms with van der Waals surface area (Å²) in [6, 6.07) is 17.3. The first-order valence-corrected chi connectivity index (χ1v) is 10.5. The topological polar surface area (TPSA) is 95.9 Å². The molecule has 3 rings (SSSR count). The molecule has 0 spiro atoms. The average Bonchev–Trinajstić information content (AvgIpc) is 3.21. The van der Waals surface area contributed by atoms with E-state index in [1.807, 2.05) is 60.7 Å². The Balaban J connectivity index is 1.60. The van der Waals surface area contributed by atoms with Gasteiger partial charge in [-0.25, -0.2) is 9.59 Å². The number of benzene rings is 2. The van der Waals surface area contributed by atoms with Gasteiger partial charge in [0.05, 0.1) is 0 Å². The summed E-state index contributed by atoms with van der Waals surface area (Å²) in [4.78, 5) is 38.5. The average molecular weight is 424 g/mol. The zero-order chi connectivity index (χ0) is 22.2. The standard InChI is InChI=1S/C24H28N2O5/c1-2-20(25-24(30)31-16-18-11-7-4-8-12-18)22(27)26-15-19(14-21(26)23(28)29)13-17-9-5-3-6-10-17/h3-12,19-21H,2,13-16H2,1H3,(H,25,30)(H,28,29)/t19-,20-,21-/m0/s1. The number of carbonyl (C=O) groups excluding carboxylic acids is 2. The van der Waals surface area contributed by atoms with Crippen LogP contribution in [-0.2, 0) is 27.4 Å². The van der Waals surface area contributed by atoms with E-state index in [-0.39, 0.29) is 18.4 Å². The lowest BCUT2D eigenvalue weighted by Crippen LogP contribution is -2.51. The fourth-order valence-electron chi connectivity index (χ4n) is 3.94. The molecule has 2 amide bonds. The fourth-order valence-corrected chi connectivity index (χ4v) is 3.94. The molecule has 2 aromatic rings. The van der Waals surface area contributed by atoms with E-state index < -0.39 is 24.1 Å². The Kier molecular flexibility index (Phi) is 7.65. The summed E-state index contributed by atoms with van der Waals surface area (Å²) in [5.74, 6) is -1.36. The summed E-state index contributed by atoms with van der Waals surface area (Å²) >= 11 is 0. The number of alkyl carbamates (subject to hydrolysis) is 1. The van der Waals surface area contributed by atoms with E-state index in [1.54, 1.807) is 6.92 Å². The molecule has 0 radical (unpaired) electrons. The third kappa shape index (κ3) is 6.07. The summed E-state index contributed by atoms with van der Waals surface area (Å²) in [6.07, 6.45) is 0.740. The molecular weight excluding hydrogens is 396 g/mol. The highest BCUT2D eigenvalue weighted by atomic mass is 16.5. The van der Waals surface area contributed by atoms with Crippen LogP contribution in [0.25, 0.3) is 0 Å². The van der Waals surface area contributed by atoms with Crippen molar-refractivity contribution in [2.24, 2.45) is 5.92 Å². The minimum Gasteiger partial charge on any atom is -0.480 e. The van der Waals surface area contributed by atoms with Gasteiger partial charge in [0.1, 0.15) is 18.7 Å². The number of ether oxygens (including phenoxy) is 1. The third-order valence-electron chi connectivity index (χ3n) is 5.53. The quantitative estimate of drug-likeness (QED) is 0.678. The maximum absolute atomic E-state index is 13.1. The van der Waals surface area contributed by atoms with Crippen molar-refractivity contribution in [2.75, 3.05) is 6.54 Å². The van der Waals surface area contributed by atoms with Crippen LogP contribution < -0.4 is 5.32 Å². The second kappa shape index (κ2) is 10.6. The SMILES string of the molecule is CC[C@H](NC(=O)OCc1ccccc1)C(=O)N1C[C@@H](Cc2ccccc2)C[C@H]1C(=O)O. The normalized spacial score (nSPS) is 18.9. The van der Waals surface area contributed by atoms with Crippen molar-refractivity contribution in [3.8, 4) is 0 Å². The highest BCUT2D eigenvalue weighted by molar-refractivity contribution is 5.89. The Labute approximate surface area is 182 Å². The van der Waals surface area contributed by atoms with E-state index in [9.17, 15) is 19.5 Å². The number of hydrogen-bond acceptors (Lipinski definition) is 4. The van der Waals surface area contributed by atoms with Gasteiger partial charge >= 0.3 is 12.1 Å². The first-order valence-electron chi connectivity index (χ1n) is 10.5. The van der Waals surface area contributed by atoms with Gasteiger partial charge in [0.15, 0.2) is 0 Å². The number of hydrogen-bond donors (Lipinski definition) is 2. The maximum Gasteiger partial charge on any atom is 0.408 e. The summed E-state index contributed by atoms with van der Waals surface area (Å²) < 4.78 is 5.21. The van der Waals surface area contributed by atoms with Crippen LogP contribution in [0.3, 0.4) is 0 Å². The molecule has 2 aromatic carbocycles. The second-order valence-electron chi connectivity index (χ2n) is 7.80. The molecule has 1 aliphatic heterocycles. The first kappa shape index (κ1) is 22.3. The van der Waals surface area contributed by atoms with Gasteiger partial charge in [0.2, 0.25) is 5.91 Å². The molecule has 0 aromatic heterocycles. The molecular formula is C24H28N2O5. The number of aliphatic carboxylic acids is 1. The molecule has 1 saturated heterocycles. The van der Waals surface area contributed by atoms with Crippen molar-refractivity contribution in [3.63, 3.8) is 0 Å². The van der Waals surface area contributed by atoms with Gasteiger partial charge in [-0.2, -0.15) is 0 Å². The molecule has 0 unspecified atom stereocenters. The Bertz CT molecular complexity index is 887. The van der Waals surface area contributed by atoms with Gasteiger partial charge < -0.3 is 20.1 Å². The van der Waals surface area contributed by atoms with E-state index >= 15 is 0 Å². The van der Waals surface area contributed by atoms with Crippen LogP contribution in [0.1, 0.15) is 30.9 Å². The van der Waals surface area contributed by atoms with Crippen molar-refractivity contribution < 1.29 is 24.2 Å². The number of carboxylic acids is 1. The van der Waals surface area contributed by atoms with Gasteiger partial charge in [0.25, 0.3) is 0 Å². The van der Waals surface area contributed by atoms with Crippen LogP contribution in [0.4, 0.5) is 4.79 Å². The highest BCUT2D eigenvalue weighted by Gasteiger charge is 2.41. The molecule has 1 aliphatic rings. The van der Waals surface area contributed by atoms with Crippen LogP contribution >= 0.6 is 0 Å². The third-order valence-corrected chi connectivity index (χ3v) is 5.53. The summed E-state index contributed by atoms with van der Waals surface area (Å²) in [7, 11) is 0. The van der Waals surface area contributed by atoms with Crippen LogP contribution in [0.15, 0.2) is 60.7 Å². The van der Waals surface area contributed by atoms with Crippen molar-refractivity contribution >= 4 is 18.0 Å². The van der Waals surface area contributed by atoms with Crippen molar-refractivity contribution in [1.29, 1.82) is 0 Å². The van der Waals surface area contributed by atoms with Crippen LogP contribution in [0, 0.1) is 5.92 Å². The molecule has 7 heteroatoms. The largest absolute Gasteiger partial charge is 0.480 e. The van der Waals surface area contributed by atoms with Crippen molar-refractivity contribution in [3.05, 3.63) is 71.8 Å². The smallest absolute Gasteiger partial charge is 0.408 e. The Hall–Kier alpha value is -3.35. The highest BCUT2D eigenvalue weighted by Crippen LogP contribution is 2.27. The predicted octanol–water partition coefficient (Wildman–Crippen LogP) is 3.24. The Morgan fingerprint density at radius 3 is 2.26 bits per heavy atom. The molecule has 3 atom stereocenters. The van der Waals surface area contributed by atoms with Gasteiger partial charge in [-0.05, 0) is 36.3 Å². The minimum atomic E-state index is -1.02. The molecule has 7 nitrogen and oxygen atoms in total. The van der Waals surface area contributed by atoms with Gasteiger partial charge in [-0.1, -0.05) is 67.6 Å². The molecule has 31 heavy (non-hydrogen) atoms. The number of carbonyl (C=O) groups is 3. The fraction of sp³-hybridized carbons (Fsp3) is 0.375. The lowest BCUT2D eigenvalue weighted by molar-refractivity contribution is -0.149. The van der Waals surface area contributed by atoms with E-state index in [1.165, 1.54) is 4.90 Å². The molecule has 164 valence electrons. The monoisotopic (exact) mass is 424 g/mol. The van der Waals surface area contributed by atoms with Crippen molar-refractivity contribution in [2.45, 2.75) is 44.9 Å². The molecule has 0 saturated carbocycles. The van der Waals surface area contributed by atoms with Gasteiger partial charge in [-0.3, -0.25) is 4.79 Å². The number of likely N-dealkylation sites (tertiary alicyclic amines) is 1. The predicted molar refractivity (Wildman–Crippen MR) is 115 cm³/mol. The molecule has 0 bridgehead atoms. The zero-order valence-corrected chi connectivity index (χ0v) is 17.6. The van der Waals surface area contributed by atoms with E-state index in [0.717, 1.165) is 11.1 Å². The van der Waals surface area contributed by atoms with E-state index in [4.69, 9.17) is 4.74 Å². The van der Waals surface area contributed by atoms with E-state index in [2.05, 4.69) is 5.32 Å². The second-order valence-corrected chi connectivity index (χ2v) is 7.80. The van der Waals surface area contributed by atoms with Crippen molar-refractivity contribution in [1.82, 2.24) is 10.2 Å². The summed E-state index contributed by atoms with van der Waals surface area (Å²) in [5.41, 5.74) is 1.95. The number of nitrogens with zero attached hydrogens (tertiary/aromatic N) is 1. The van der Waals surface area contributed by atoms with Crippen LogP contribution in [0.5, 0.6) is 0 Å². The Morgan fingerprint density at radius 2 is 1.68 bits per heavy atom. The number of carboxylic acid groups (broad SMARTS) is 1. The summed E-state index contributed by atoms with van der Waals surface area (Å²) in [5, 5.41) is 12.2. The zero-order valence-electron chi connectivity index (χ0n) is 17.6. The number of nitrogens with one attached hydrogen (secondary N) is 1. The lowest BCUT2D eigenvalue weighted by atomic mass is 9.97.